The van der Waals surface area contributed by atoms with Crippen molar-refractivity contribution < 1.29 is 19.1 Å². The van der Waals surface area contributed by atoms with Crippen molar-refractivity contribution >= 4 is 18.8 Å². The summed E-state index contributed by atoms with van der Waals surface area (Å²) in [6, 6.07) is 0. The summed E-state index contributed by atoms with van der Waals surface area (Å²) in [7, 11) is -4.24. The van der Waals surface area contributed by atoms with Crippen molar-refractivity contribution in [3.63, 3.8) is 0 Å². The van der Waals surface area contributed by atoms with Gasteiger partial charge in [-0.15, -0.1) is 6.58 Å². The third-order valence-electron chi connectivity index (χ3n) is 3.00. The minimum atomic E-state index is -4.24. The molecule has 2 heterocycles. The molecule has 0 aliphatic rings. The SMILES string of the molecule is C=C[C@H](OCP(=O)(O)O)C(=C)Cn1cnc2c(C)ncnc21. The van der Waals surface area contributed by atoms with E-state index < -0.39 is 20.0 Å². The van der Waals surface area contributed by atoms with Crippen LogP contribution in [0.5, 0.6) is 0 Å². The van der Waals surface area contributed by atoms with Crippen molar-refractivity contribution in [3.05, 3.63) is 43.2 Å². The molecule has 9 heteroatoms. The molecule has 0 aliphatic heterocycles. The molecule has 0 saturated carbocycles. The molecule has 0 amide bonds. The maximum atomic E-state index is 10.9. The second-order valence-electron chi connectivity index (χ2n) is 4.78. The smallest absolute Gasteiger partial charge is 0.351 e. The van der Waals surface area contributed by atoms with Crippen LogP contribution in [0.25, 0.3) is 11.2 Å². The number of fused-ring (bicyclic) bond motifs is 1. The molecule has 0 fully saturated rings. The lowest BCUT2D eigenvalue weighted by Gasteiger charge is -2.17. The topological polar surface area (TPSA) is 110 Å². The molecule has 0 spiro atoms. The van der Waals surface area contributed by atoms with E-state index in [-0.39, 0.29) is 0 Å². The van der Waals surface area contributed by atoms with E-state index in [1.54, 1.807) is 10.9 Å². The maximum Gasteiger partial charge on any atom is 0.351 e. The molecule has 2 N–H and O–H groups in total. The highest BCUT2D eigenvalue weighted by Crippen LogP contribution is 2.35. The molecule has 0 aromatic carbocycles. The molecule has 0 bridgehead atoms. The second kappa shape index (κ2) is 6.50. The second-order valence-corrected chi connectivity index (χ2v) is 6.37. The standard InChI is InChI=1S/C13H17N4O4P/c1-4-11(21-8-22(18,19)20)9(2)5-17-7-16-12-10(3)14-6-15-13(12)17/h4,6-7,11H,1-2,5,8H2,3H3,(H2,18,19,20)/t11-/m0/s1. The first kappa shape index (κ1) is 16.5. The third-order valence-corrected chi connectivity index (χ3v) is 3.48. The zero-order valence-electron chi connectivity index (χ0n) is 12.1. The van der Waals surface area contributed by atoms with Crippen LogP contribution in [0.15, 0.2) is 37.5 Å². The van der Waals surface area contributed by atoms with Crippen molar-refractivity contribution in [1.29, 1.82) is 0 Å². The van der Waals surface area contributed by atoms with Gasteiger partial charge in [0.1, 0.15) is 18.2 Å². The fourth-order valence-electron chi connectivity index (χ4n) is 1.95. The molecule has 0 radical (unpaired) electrons. The summed E-state index contributed by atoms with van der Waals surface area (Å²) in [5.41, 5.74) is 2.71. The van der Waals surface area contributed by atoms with Crippen molar-refractivity contribution in [2.45, 2.75) is 19.6 Å². The van der Waals surface area contributed by atoms with Gasteiger partial charge in [0.25, 0.3) is 0 Å². The fourth-order valence-corrected chi connectivity index (χ4v) is 2.31. The van der Waals surface area contributed by atoms with Gasteiger partial charge in [0, 0.05) is 6.54 Å². The number of rotatable bonds is 7. The summed E-state index contributed by atoms with van der Waals surface area (Å²) in [5, 5.41) is 0. The Kier molecular flexibility index (Phi) is 4.87. The van der Waals surface area contributed by atoms with E-state index in [1.807, 2.05) is 6.92 Å². The normalized spacial score (nSPS) is 13.2. The number of aromatic nitrogens is 4. The Morgan fingerprint density at radius 1 is 1.50 bits per heavy atom. The summed E-state index contributed by atoms with van der Waals surface area (Å²) in [6.45, 7) is 9.67. The van der Waals surface area contributed by atoms with E-state index in [4.69, 9.17) is 14.5 Å². The molecule has 22 heavy (non-hydrogen) atoms. The van der Waals surface area contributed by atoms with Crippen LogP contribution in [0.2, 0.25) is 0 Å². The Balaban J connectivity index is 2.14. The Bertz CT molecular complexity index is 752. The maximum absolute atomic E-state index is 10.9. The Morgan fingerprint density at radius 3 is 2.86 bits per heavy atom. The van der Waals surface area contributed by atoms with Crippen LogP contribution in [0.1, 0.15) is 5.69 Å². The lowest BCUT2D eigenvalue weighted by molar-refractivity contribution is 0.129. The first-order chi connectivity index (χ1) is 10.3. The van der Waals surface area contributed by atoms with Crippen LogP contribution in [0.3, 0.4) is 0 Å². The van der Waals surface area contributed by atoms with E-state index in [9.17, 15) is 4.57 Å². The van der Waals surface area contributed by atoms with Gasteiger partial charge in [-0.05, 0) is 12.5 Å². The number of nitrogens with zero attached hydrogens (tertiary/aromatic N) is 4. The number of hydrogen-bond donors (Lipinski definition) is 2. The van der Waals surface area contributed by atoms with Crippen molar-refractivity contribution in [3.8, 4) is 0 Å². The van der Waals surface area contributed by atoms with Gasteiger partial charge in [-0.2, -0.15) is 0 Å². The van der Waals surface area contributed by atoms with E-state index in [1.165, 1.54) is 12.4 Å². The lowest BCUT2D eigenvalue weighted by atomic mass is 10.1. The van der Waals surface area contributed by atoms with Gasteiger partial charge in [0.05, 0.1) is 18.1 Å². The molecule has 0 aliphatic carbocycles. The van der Waals surface area contributed by atoms with E-state index in [2.05, 4.69) is 28.1 Å². The van der Waals surface area contributed by atoms with E-state index >= 15 is 0 Å². The summed E-state index contributed by atoms with van der Waals surface area (Å²) in [5.74, 6) is 0. The van der Waals surface area contributed by atoms with Gasteiger partial charge in [0.15, 0.2) is 5.65 Å². The highest BCUT2D eigenvalue weighted by Gasteiger charge is 2.19. The van der Waals surface area contributed by atoms with Crippen LogP contribution in [-0.2, 0) is 15.8 Å². The fraction of sp³-hybridized carbons (Fsp3) is 0.308. The van der Waals surface area contributed by atoms with Crippen molar-refractivity contribution in [2.24, 2.45) is 0 Å². The molecule has 0 unspecified atom stereocenters. The quantitative estimate of drug-likeness (QED) is 0.585. The minimum absolute atomic E-state index is 0.338. The van der Waals surface area contributed by atoms with Crippen molar-refractivity contribution in [2.75, 3.05) is 6.35 Å². The van der Waals surface area contributed by atoms with Gasteiger partial charge in [-0.1, -0.05) is 12.7 Å². The highest BCUT2D eigenvalue weighted by molar-refractivity contribution is 7.51. The first-order valence-electron chi connectivity index (χ1n) is 6.40. The van der Waals surface area contributed by atoms with Gasteiger partial charge in [0.2, 0.25) is 0 Å². The van der Waals surface area contributed by atoms with Gasteiger partial charge in [-0.3, -0.25) is 4.57 Å². The van der Waals surface area contributed by atoms with Crippen molar-refractivity contribution in [1.82, 2.24) is 19.5 Å². The molecule has 2 aromatic rings. The molecule has 8 nitrogen and oxygen atoms in total. The number of ether oxygens (including phenoxy) is 1. The predicted molar refractivity (Wildman–Crippen MR) is 81.2 cm³/mol. The van der Waals surface area contributed by atoms with Crippen LogP contribution in [-0.4, -0.2) is 41.8 Å². The number of aryl methyl sites for hydroxylation is 1. The first-order valence-corrected chi connectivity index (χ1v) is 8.20. The third kappa shape index (κ3) is 3.86. The van der Waals surface area contributed by atoms with Gasteiger partial charge in [-0.25, -0.2) is 15.0 Å². The minimum Gasteiger partial charge on any atom is -0.357 e. The average molecular weight is 324 g/mol. The zero-order valence-corrected chi connectivity index (χ0v) is 13.0. The predicted octanol–water partition coefficient (Wildman–Crippen LogP) is 1.40. The average Bonchev–Trinajstić information content (AvgIpc) is 2.83. The number of hydrogen-bond acceptors (Lipinski definition) is 5. The van der Waals surface area contributed by atoms with Crippen LogP contribution < -0.4 is 0 Å². The molecule has 0 saturated heterocycles. The monoisotopic (exact) mass is 324 g/mol. The molecule has 2 rings (SSSR count). The summed E-state index contributed by atoms with van der Waals surface area (Å²) < 4.78 is 17.8. The lowest BCUT2D eigenvalue weighted by Crippen LogP contribution is -2.17. The summed E-state index contributed by atoms with van der Waals surface area (Å²) >= 11 is 0. The van der Waals surface area contributed by atoms with Gasteiger partial charge >= 0.3 is 7.60 Å². The van der Waals surface area contributed by atoms with Crippen LogP contribution in [0, 0.1) is 6.92 Å². The van der Waals surface area contributed by atoms with E-state index in [0.717, 1.165) is 5.69 Å². The van der Waals surface area contributed by atoms with Crippen LogP contribution >= 0.6 is 7.60 Å². The molecular weight excluding hydrogens is 307 g/mol. The number of imidazole rings is 1. The Hall–Kier alpha value is -1.86. The molecule has 118 valence electrons. The largest absolute Gasteiger partial charge is 0.357 e. The zero-order chi connectivity index (χ0) is 16.3. The summed E-state index contributed by atoms with van der Waals surface area (Å²) in [6.07, 6.45) is 3.15. The van der Waals surface area contributed by atoms with Gasteiger partial charge < -0.3 is 19.1 Å². The molecule has 2 aromatic heterocycles. The Morgan fingerprint density at radius 2 is 2.23 bits per heavy atom. The highest BCUT2D eigenvalue weighted by atomic mass is 31.2. The Labute approximate surface area is 127 Å². The summed E-state index contributed by atoms with van der Waals surface area (Å²) in [4.78, 5) is 30.2. The molecule has 1 atom stereocenters. The van der Waals surface area contributed by atoms with Crippen LogP contribution in [0.4, 0.5) is 0 Å². The van der Waals surface area contributed by atoms with E-state index in [0.29, 0.717) is 23.3 Å². The molecular formula is C13H17N4O4P.